The van der Waals surface area contributed by atoms with Gasteiger partial charge in [0.15, 0.2) is 5.69 Å². The van der Waals surface area contributed by atoms with Gasteiger partial charge in [-0.25, -0.2) is 0 Å². The van der Waals surface area contributed by atoms with E-state index in [-0.39, 0.29) is 24.2 Å². The van der Waals surface area contributed by atoms with Gasteiger partial charge >= 0.3 is 0 Å². The van der Waals surface area contributed by atoms with E-state index >= 15 is 0 Å². The van der Waals surface area contributed by atoms with Crippen molar-refractivity contribution in [3.8, 4) is 11.4 Å². The van der Waals surface area contributed by atoms with Crippen LogP contribution in [-0.4, -0.2) is 54.5 Å². The number of nitrogens with zero attached hydrogens (tertiary/aromatic N) is 2. The number of hydrogen-bond donors (Lipinski definition) is 2. The number of fused-ring (bicyclic) bond motifs is 1. The van der Waals surface area contributed by atoms with Crippen molar-refractivity contribution in [3.63, 3.8) is 0 Å². The van der Waals surface area contributed by atoms with E-state index in [0.29, 0.717) is 40.4 Å². The Morgan fingerprint density at radius 1 is 1.21 bits per heavy atom. The van der Waals surface area contributed by atoms with E-state index < -0.39 is 11.5 Å². The van der Waals surface area contributed by atoms with Crippen LogP contribution in [0.5, 0.6) is 5.75 Å². The molecule has 10 heteroatoms. The first-order valence-electron chi connectivity index (χ1n) is 10.5. The van der Waals surface area contributed by atoms with E-state index in [9.17, 15) is 14.4 Å². The molecule has 0 bridgehead atoms. The number of benzene rings is 2. The van der Waals surface area contributed by atoms with Gasteiger partial charge in [0.25, 0.3) is 11.5 Å². The van der Waals surface area contributed by atoms with Crippen molar-refractivity contribution in [2.24, 2.45) is 0 Å². The van der Waals surface area contributed by atoms with Gasteiger partial charge in [0.05, 0.1) is 35.9 Å². The lowest BCUT2D eigenvalue weighted by molar-refractivity contribution is -0.120. The summed E-state index contributed by atoms with van der Waals surface area (Å²) in [6, 6.07) is 11.4. The molecular formula is C23H23ClN4O5. The first-order chi connectivity index (χ1) is 16.0. The molecule has 172 valence electrons. The standard InChI is InChI=1S/C23H23ClN4O5/c1-32-19-9-8-14(11-18(19)24)28-23(31)17-7-3-2-6-16(17)21(27-28)22(30)26-13-20(29)25-12-15-5-4-10-33-15/h2-3,6-9,11,15H,4-5,10,12-13H2,1H3,(H,25,29)(H,26,30)/t15-/m1/s1. The average Bonchev–Trinajstić information content (AvgIpc) is 3.35. The topological polar surface area (TPSA) is 112 Å². The maximum atomic E-state index is 13.1. The SMILES string of the molecule is COc1ccc(-n2nc(C(=O)NCC(=O)NC[C@H]3CCCO3)c3ccccc3c2=O)cc1Cl. The maximum absolute atomic E-state index is 13.1. The molecule has 1 aliphatic rings. The molecule has 3 aromatic rings. The molecule has 0 aliphatic carbocycles. The fraction of sp³-hybridized carbons (Fsp3) is 0.304. The van der Waals surface area contributed by atoms with E-state index in [1.165, 1.54) is 13.2 Å². The molecule has 1 fully saturated rings. The van der Waals surface area contributed by atoms with E-state index in [1.807, 2.05) is 0 Å². The Kier molecular flexibility index (Phi) is 6.90. The van der Waals surface area contributed by atoms with E-state index in [1.54, 1.807) is 36.4 Å². The van der Waals surface area contributed by atoms with Crippen LogP contribution in [0.15, 0.2) is 47.3 Å². The third-order valence-electron chi connectivity index (χ3n) is 5.36. The molecule has 4 rings (SSSR count). The summed E-state index contributed by atoms with van der Waals surface area (Å²) in [5.41, 5.74) is -0.0123. The Bertz CT molecular complexity index is 1250. The second kappa shape index (κ2) is 10.0. The van der Waals surface area contributed by atoms with Gasteiger partial charge in [-0.05, 0) is 37.1 Å². The molecule has 1 atom stereocenters. The summed E-state index contributed by atoms with van der Waals surface area (Å²) < 4.78 is 11.7. The minimum Gasteiger partial charge on any atom is -0.495 e. The lowest BCUT2D eigenvalue weighted by Gasteiger charge is -2.13. The first-order valence-corrected chi connectivity index (χ1v) is 10.9. The molecule has 2 aromatic carbocycles. The van der Waals surface area contributed by atoms with Gasteiger partial charge in [-0.15, -0.1) is 0 Å². The highest BCUT2D eigenvalue weighted by Gasteiger charge is 2.20. The van der Waals surface area contributed by atoms with Crippen LogP contribution in [0.2, 0.25) is 5.02 Å². The molecule has 0 unspecified atom stereocenters. The number of carbonyl (C=O) groups is 2. The molecule has 1 aliphatic heterocycles. The summed E-state index contributed by atoms with van der Waals surface area (Å²) in [6.07, 6.45) is 1.89. The van der Waals surface area contributed by atoms with Gasteiger partial charge in [0.2, 0.25) is 5.91 Å². The van der Waals surface area contributed by atoms with Crippen molar-refractivity contribution in [2.75, 3.05) is 26.8 Å². The summed E-state index contributed by atoms with van der Waals surface area (Å²) in [7, 11) is 1.49. The monoisotopic (exact) mass is 470 g/mol. The van der Waals surface area contributed by atoms with Crippen molar-refractivity contribution in [1.29, 1.82) is 0 Å². The number of nitrogens with one attached hydrogen (secondary N) is 2. The lowest BCUT2D eigenvalue weighted by Crippen LogP contribution is -2.40. The van der Waals surface area contributed by atoms with Crippen molar-refractivity contribution < 1.29 is 19.1 Å². The van der Waals surface area contributed by atoms with E-state index in [0.717, 1.165) is 17.5 Å². The minimum absolute atomic E-state index is 0.00939. The zero-order chi connectivity index (χ0) is 23.4. The Labute approximate surface area is 194 Å². The Hall–Kier alpha value is -3.43. The van der Waals surface area contributed by atoms with Crippen LogP contribution in [0.25, 0.3) is 16.5 Å². The number of ether oxygens (including phenoxy) is 2. The van der Waals surface area contributed by atoms with Crippen LogP contribution in [0, 0.1) is 0 Å². The highest BCUT2D eigenvalue weighted by Crippen LogP contribution is 2.26. The first kappa shape index (κ1) is 22.8. The van der Waals surface area contributed by atoms with Gasteiger partial charge in [0, 0.05) is 18.5 Å². The zero-order valence-electron chi connectivity index (χ0n) is 18.0. The van der Waals surface area contributed by atoms with Crippen molar-refractivity contribution in [1.82, 2.24) is 20.4 Å². The highest BCUT2D eigenvalue weighted by atomic mass is 35.5. The Morgan fingerprint density at radius 3 is 2.70 bits per heavy atom. The molecule has 0 spiro atoms. The normalized spacial score (nSPS) is 15.4. The Morgan fingerprint density at radius 2 is 2.00 bits per heavy atom. The third-order valence-corrected chi connectivity index (χ3v) is 5.66. The molecule has 0 radical (unpaired) electrons. The fourth-order valence-corrected chi connectivity index (χ4v) is 3.91. The van der Waals surface area contributed by atoms with E-state index in [4.69, 9.17) is 21.1 Å². The van der Waals surface area contributed by atoms with Gasteiger partial charge in [-0.1, -0.05) is 29.8 Å². The molecule has 33 heavy (non-hydrogen) atoms. The van der Waals surface area contributed by atoms with Crippen LogP contribution in [-0.2, 0) is 9.53 Å². The number of aromatic nitrogens is 2. The number of hydrogen-bond acceptors (Lipinski definition) is 6. The number of carbonyl (C=O) groups excluding carboxylic acids is 2. The Balaban J connectivity index is 1.59. The minimum atomic E-state index is -0.577. The molecule has 0 saturated carbocycles. The molecule has 2 N–H and O–H groups in total. The summed E-state index contributed by atoms with van der Waals surface area (Å²) in [6.45, 7) is 0.874. The van der Waals surface area contributed by atoms with Crippen LogP contribution < -0.4 is 20.9 Å². The van der Waals surface area contributed by atoms with Crippen LogP contribution in [0.1, 0.15) is 23.3 Å². The lowest BCUT2D eigenvalue weighted by atomic mass is 10.1. The quantitative estimate of drug-likeness (QED) is 0.547. The number of methoxy groups -OCH3 is 1. The third kappa shape index (κ3) is 4.99. The zero-order valence-corrected chi connectivity index (χ0v) is 18.7. The van der Waals surface area contributed by atoms with Crippen molar-refractivity contribution in [3.05, 3.63) is 63.5 Å². The van der Waals surface area contributed by atoms with Crippen LogP contribution >= 0.6 is 11.6 Å². The predicted molar refractivity (Wildman–Crippen MR) is 123 cm³/mol. The van der Waals surface area contributed by atoms with Crippen molar-refractivity contribution >= 4 is 34.2 Å². The number of amides is 2. The predicted octanol–water partition coefficient (Wildman–Crippen LogP) is 2.07. The van der Waals surface area contributed by atoms with Gasteiger partial charge in [0.1, 0.15) is 5.75 Å². The van der Waals surface area contributed by atoms with E-state index in [2.05, 4.69) is 15.7 Å². The summed E-state index contributed by atoms with van der Waals surface area (Å²) in [5.74, 6) is -0.466. The second-order valence-electron chi connectivity index (χ2n) is 7.55. The van der Waals surface area contributed by atoms with Crippen LogP contribution in [0.3, 0.4) is 0 Å². The fourth-order valence-electron chi connectivity index (χ4n) is 3.66. The molecule has 1 aromatic heterocycles. The van der Waals surface area contributed by atoms with Gasteiger partial charge in [-0.2, -0.15) is 9.78 Å². The smallest absolute Gasteiger partial charge is 0.279 e. The highest BCUT2D eigenvalue weighted by molar-refractivity contribution is 6.32. The van der Waals surface area contributed by atoms with Gasteiger partial charge < -0.3 is 20.1 Å². The average molecular weight is 471 g/mol. The maximum Gasteiger partial charge on any atom is 0.279 e. The molecule has 1 saturated heterocycles. The summed E-state index contributed by atoms with van der Waals surface area (Å²) in [5, 5.41) is 10.6. The largest absolute Gasteiger partial charge is 0.495 e. The number of rotatable bonds is 7. The molecular weight excluding hydrogens is 448 g/mol. The van der Waals surface area contributed by atoms with Gasteiger partial charge in [-0.3, -0.25) is 14.4 Å². The number of halogens is 1. The molecule has 2 heterocycles. The molecule has 9 nitrogen and oxygen atoms in total. The second-order valence-corrected chi connectivity index (χ2v) is 7.96. The summed E-state index contributed by atoms with van der Waals surface area (Å²) >= 11 is 6.21. The van der Waals surface area contributed by atoms with Crippen LogP contribution in [0.4, 0.5) is 0 Å². The van der Waals surface area contributed by atoms with Crippen molar-refractivity contribution in [2.45, 2.75) is 18.9 Å². The molecule has 2 amide bonds. The summed E-state index contributed by atoms with van der Waals surface area (Å²) in [4.78, 5) is 38.2.